The number of benzene rings is 2. The first kappa shape index (κ1) is 18.9. The highest BCUT2D eigenvalue weighted by atomic mass is 35.5. The number of para-hydroxylation sites is 2. The molecule has 27 heavy (non-hydrogen) atoms. The second kappa shape index (κ2) is 8.22. The van der Waals surface area contributed by atoms with Gasteiger partial charge in [-0.1, -0.05) is 35.9 Å². The van der Waals surface area contributed by atoms with Gasteiger partial charge in [0.1, 0.15) is 0 Å². The summed E-state index contributed by atoms with van der Waals surface area (Å²) in [7, 11) is 0. The second-order valence-corrected chi connectivity index (χ2v) is 6.66. The van der Waals surface area contributed by atoms with Crippen molar-refractivity contribution in [3.05, 3.63) is 59.1 Å². The van der Waals surface area contributed by atoms with Gasteiger partial charge >= 0.3 is 0 Å². The summed E-state index contributed by atoms with van der Waals surface area (Å²) in [4.78, 5) is 38.8. The molecular formula is C20H20ClN3O3. The molecule has 3 amide bonds. The maximum atomic E-state index is 12.7. The molecule has 1 saturated heterocycles. The van der Waals surface area contributed by atoms with Crippen LogP contribution in [0.15, 0.2) is 48.5 Å². The van der Waals surface area contributed by atoms with Crippen molar-refractivity contribution in [3.8, 4) is 0 Å². The van der Waals surface area contributed by atoms with E-state index < -0.39 is 5.92 Å². The van der Waals surface area contributed by atoms with Crippen LogP contribution in [0.25, 0.3) is 0 Å². The Morgan fingerprint density at radius 2 is 1.85 bits per heavy atom. The van der Waals surface area contributed by atoms with E-state index in [-0.39, 0.29) is 30.7 Å². The Morgan fingerprint density at radius 3 is 2.59 bits per heavy atom. The van der Waals surface area contributed by atoms with Crippen LogP contribution in [0.5, 0.6) is 0 Å². The molecule has 2 N–H and O–H groups in total. The van der Waals surface area contributed by atoms with Gasteiger partial charge in [0.2, 0.25) is 11.8 Å². The van der Waals surface area contributed by atoms with Gasteiger partial charge in [-0.2, -0.15) is 0 Å². The average molecular weight is 386 g/mol. The number of amides is 3. The van der Waals surface area contributed by atoms with Crippen molar-refractivity contribution in [1.82, 2.24) is 5.32 Å². The van der Waals surface area contributed by atoms with Gasteiger partial charge in [-0.05, 0) is 31.2 Å². The van der Waals surface area contributed by atoms with Crippen LogP contribution in [-0.2, 0) is 9.59 Å². The molecule has 0 radical (unpaired) electrons. The molecule has 3 rings (SSSR count). The maximum Gasteiger partial charge on any atom is 0.253 e. The molecule has 0 bridgehead atoms. The fourth-order valence-corrected chi connectivity index (χ4v) is 3.31. The van der Waals surface area contributed by atoms with E-state index in [1.165, 1.54) is 4.90 Å². The third kappa shape index (κ3) is 4.11. The number of hydrogen-bond donors (Lipinski definition) is 2. The Bertz CT molecular complexity index is 884. The maximum absolute atomic E-state index is 12.7. The molecule has 1 aliphatic heterocycles. The summed E-state index contributed by atoms with van der Waals surface area (Å²) in [6.45, 7) is 2.56. The second-order valence-electron chi connectivity index (χ2n) is 6.25. The van der Waals surface area contributed by atoms with Gasteiger partial charge < -0.3 is 15.5 Å². The molecule has 140 valence electrons. The molecule has 6 nitrogen and oxygen atoms in total. The molecule has 1 atom stereocenters. The number of hydrogen-bond acceptors (Lipinski definition) is 3. The lowest BCUT2D eigenvalue weighted by molar-refractivity contribution is -0.122. The van der Waals surface area contributed by atoms with Gasteiger partial charge in [-0.15, -0.1) is 0 Å². The van der Waals surface area contributed by atoms with E-state index in [0.717, 1.165) is 0 Å². The van der Waals surface area contributed by atoms with Crippen LogP contribution in [0.2, 0.25) is 5.02 Å². The number of carbonyl (C=O) groups excluding carboxylic acids is 3. The topological polar surface area (TPSA) is 78.5 Å². The van der Waals surface area contributed by atoms with E-state index >= 15 is 0 Å². The van der Waals surface area contributed by atoms with Crippen LogP contribution in [-0.4, -0.2) is 30.8 Å². The lowest BCUT2D eigenvalue weighted by atomic mass is 10.1. The van der Waals surface area contributed by atoms with Crippen LogP contribution >= 0.6 is 11.6 Å². The number of rotatable bonds is 5. The zero-order valence-corrected chi connectivity index (χ0v) is 15.6. The van der Waals surface area contributed by atoms with Crippen LogP contribution in [0.3, 0.4) is 0 Å². The van der Waals surface area contributed by atoms with Crippen molar-refractivity contribution in [2.75, 3.05) is 23.3 Å². The third-order valence-electron chi connectivity index (χ3n) is 4.41. The fraction of sp³-hybridized carbons (Fsp3) is 0.250. The van der Waals surface area contributed by atoms with Gasteiger partial charge in [0.05, 0.1) is 27.9 Å². The molecule has 0 aromatic heterocycles. The molecule has 0 saturated carbocycles. The molecule has 1 aliphatic rings. The van der Waals surface area contributed by atoms with E-state index in [0.29, 0.717) is 28.5 Å². The molecule has 2 aromatic rings. The molecule has 7 heteroatoms. The minimum Gasteiger partial charge on any atom is -0.352 e. The Labute approximate surface area is 162 Å². The van der Waals surface area contributed by atoms with Crippen molar-refractivity contribution in [1.29, 1.82) is 0 Å². The number of halogens is 1. The molecule has 1 fully saturated rings. The standard InChI is InChI=1S/C20H20ClN3O3/c1-2-22-20(27)14-7-3-5-9-16(14)23-19(26)13-11-18(25)24(12-13)17-10-6-4-8-15(17)21/h3-10,13H,2,11-12H2,1H3,(H,22,27)(H,23,26)/t13-/m1/s1. The van der Waals surface area contributed by atoms with E-state index in [2.05, 4.69) is 10.6 Å². The summed E-state index contributed by atoms with van der Waals surface area (Å²) >= 11 is 6.17. The minimum absolute atomic E-state index is 0.0976. The third-order valence-corrected chi connectivity index (χ3v) is 4.73. The normalized spacial score (nSPS) is 16.3. The first-order valence-corrected chi connectivity index (χ1v) is 9.12. The SMILES string of the molecule is CCNC(=O)c1ccccc1NC(=O)[C@@H]1CC(=O)N(c2ccccc2Cl)C1. The zero-order valence-electron chi connectivity index (χ0n) is 14.9. The molecule has 2 aromatic carbocycles. The number of nitrogens with zero attached hydrogens (tertiary/aromatic N) is 1. The summed E-state index contributed by atoms with van der Waals surface area (Å²) in [5.41, 5.74) is 1.42. The zero-order chi connectivity index (χ0) is 19.4. The quantitative estimate of drug-likeness (QED) is 0.830. The predicted octanol–water partition coefficient (Wildman–Crippen LogP) is 3.08. The monoisotopic (exact) mass is 385 g/mol. The van der Waals surface area contributed by atoms with E-state index in [1.54, 1.807) is 48.5 Å². The lowest BCUT2D eigenvalue weighted by Gasteiger charge is -2.18. The summed E-state index contributed by atoms with van der Waals surface area (Å²) in [5.74, 6) is -1.22. The molecule has 0 aliphatic carbocycles. The smallest absolute Gasteiger partial charge is 0.253 e. The van der Waals surface area contributed by atoms with Crippen molar-refractivity contribution in [2.24, 2.45) is 5.92 Å². The first-order valence-electron chi connectivity index (χ1n) is 8.74. The summed E-state index contributed by atoms with van der Waals surface area (Å²) < 4.78 is 0. The van der Waals surface area contributed by atoms with Crippen LogP contribution in [0, 0.1) is 5.92 Å². The highest BCUT2D eigenvalue weighted by Gasteiger charge is 2.36. The number of carbonyl (C=O) groups is 3. The van der Waals surface area contributed by atoms with E-state index in [1.807, 2.05) is 6.92 Å². The van der Waals surface area contributed by atoms with Crippen LogP contribution in [0.4, 0.5) is 11.4 Å². The van der Waals surface area contributed by atoms with Crippen molar-refractivity contribution < 1.29 is 14.4 Å². The van der Waals surface area contributed by atoms with Gasteiger partial charge in [0.15, 0.2) is 0 Å². The predicted molar refractivity (Wildman–Crippen MR) is 105 cm³/mol. The van der Waals surface area contributed by atoms with Crippen LogP contribution < -0.4 is 15.5 Å². The highest BCUT2D eigenvalue weighted by Crippen LogP contribution is 2.31. The average Bonchev–Trinajstić information content (AvgIpc) is 3.04. The first-order chi connectivity index (χ1) is 13.0. The lowest BCUT2D eigenvalue weighted by Crippen LogP contribution is -2.29. The largest absolute Gasteiger partial charge is 0.352 e. The van der Waals surface area contributed by atoms with E-state index in [9.17, 15) is 14.4 Å². The molecular weight excluding hydrogens is 366 g/mol. The minimum atomic E-state index is -0.518. The summed E-state index contributed by atoms with van der Waals surface area (Å²) in [6, 6.07) is 13.8. The van der Waals surface area contributed by atoms with Gasteiger partial charge in [0.25, 0.3) is 5.91 Å². The Kier molecular flexibility index (Phi) is 5.76. The van der Waals surface area contributed by atoms with Crippen molar-refractivity contribution in [2.45, 2.75) is 13.3 Å². The number of nitrogens with one attached hydrogen (secondary N) is 2. The van der Waals surface area contributed by atoms with Gasteiger partial charge in [-0.3, -0.25) is 14.4 Å². The summed E-state index contributed by atoms with van der Waals surface area (Å²) in [5, 5.41) is 5.97. The highest BCUT2D eigenvalue weighted by molar-refractivity contribution is 6.34. The molecule has 1 heterocycles. The van der Waals surface area contributed by atoms with Crippen molar-refractivity contribution >= 4 is 40.7 Å². The fourth-order valence-electron chi connectivity index (χ4n) is 3.07. The number of anilines is 2. The summed E-state index contributed by atoms with van der Waals surface area (Å²) in [6.07, 6.45) is 0.0976. The molecule has 0 unspecified atom stereocenters. The molecule has 0 spiro atoms. The van der Waals surface area contributed by atoms with Gasteiger partial charge in [0, 0.05) is 19.5 Å². The Hall–Kier alpha value is -2.86. The Balaban J connectivity index is 1.74. The van der Waals surface area contributed by atoms with Gasteiger partial charge in [-0.25, -0.2) is 0 Å². The Morgan fingerprint density at radius 1 is 1.15 bits per heavy atom. The van der Waals surface area contributed by atoms with Crippen LogP contribution in [0.1, 0.15) is 23.7 Å². The van der Waals surface area contributed by atoms with E-state index in [4.69, 9.17) is 11.6 Å². The van der Waals surface area contributed by atoms with Crippen molar-refractivity contribution in [3.63, 3.8) is 0 Å².